The molecular formula is C5H8O3. The minimum Gasteiger partial charge on any atom is -0.465 e. The lowest BCUT2D eigenvalue weighted by Gasteiger charge is -1.94. The summed E-state index contributed by atoms with van der Waals surface area (Å²) in [6.45, 7) is 0.406. The highest BCUT2D eigenvalue weighted by Gasteiger charge is 2.24. The zero-order valence-electron chi connectivity index (χ0n) is 4.46. The molecule has 0 aromatic rings. The zero-order chi connectivity index (χ0) is 5.98. The van der Waals surface area contributed by atoms with Gasteiger partial charge in [-0.1, -0.05) is 0 Å². The third-order valence-electron chi connectivity index (χ3n) is 1.26. The van der Waals surface area contributed by atoms with Crippen LogP contribution in [0.1, 0.15) is 6.42 Å². The number of aliphatic hydroxyl groups excluding tert-OH is 1. The Morgan fingerprint density at radius 2 is 2.62 bits per heavy atom. The van der Waals surface area contributed by atoms with E-state index in [1.54, 1.807) is 0 Å². The average Bonchev–Trinajstić information content (AvgIpc) is 2.14. The maximum atomic E-state index is 10.4. The van der Waals surface area contributed by atoms with Gasteiger partial charge in [0.1, 0.15) is 0 Å². The van der Waals surface area contributed by atoms with E-state index in [1.165, 1.54) is 0 Å². The molecule has 1 N–H and O–H groups in total. The van der Waals surface area contributed by atoms with E-state index in [0.717, 1.165) is 0 Å². The Kier molecular flexibility index (Phi) is 1.48. The van der Waals surface area contributed by atoms with Crippen LogP contribution in [0, 0.1) is 5.92 Å². The van der Waals surface area contributed by atoms with Crippen LogP contribution in [0.3, 0.4) is 0 Å². The van der Waals surface area contributed by atoms with Crippen LogP contribution in [0.5, 0.6) is 0 Å². The standard InChI is InChI=1S/C5H8O3/c6-3-4-1-2-8-5(4)7/h4,6H,1-3H2/t4-/m0/s1. The molecule has 0 bridgehead atoms. The van der Waals surface area contributed by atoms with Crippen molar-refractivity contribution < 1.29 is 14.6 Å². The van der Waals surface area contributed by atoms with E-state index < -0.39 is 0 Å². The lowest BCUT2D eigenvalue weighted by Crippen LogP contribution is -2.11. The third kappa shape index (κ3) is 0.816. The molecular weight excluding hydrogens is 108 g/mol. The summed E-state index contributed by atoms with van der Waals surface area (Å²) >= 11 is 0. The molecule has 0 amide bonds. The molecule has 1 aliphatic heterocycles. The van der Waals surface area contributed by atoms with Crippen molar-refractivity contribution in [1.29, 1.82) is 0 Å². The second-order valence-electron chi connectivity index (χ2n) is 1.84. The van der Waals surface area contributed by atoms with Crippen LogP contribution < -0.4 is 0 Å². The molecule has 0 saturated carbocycles. The highest BCUT2D eigenvalue weighted by molar-refractivity contribution is 5.74. The molecule has 1 saturated heterocycles. The minimum absolute atomic E-state index is 0.0706. The fourth-order valence-electron chi connectivity index (χ4n) is 0.703. The summed E-state index contributed by atoms with van der Waals surface area (Å²) in [7, 11) is 0. The predicted molar refractivity (Wildman–Crippen MR) is 26.2 cm³/mol. The summed E-state index contributed by atoms with van der Waals surface area (Å²) in [5, 5.41) is 8.44. The SMILES string of the molecule is O=C1OCC[C@H]1CO. The van der Waals surface area contributed by atoms with Crippen LogP contribution in [0.25, 0.3) is 0 Å². The Bertz CT molecular complexity index is 99.8. The summed E-state index contributed by atoms with van der Waals surface area (Å²) in [4.78, 5) is 10.4. The lowest BCUT2D eigenvalue weighted by molar-refractivity contribution is -0.142. The Morgan fingerprint density at radius 1 is 1.88 bits per heavy atom. The van der Waals surface area contributed by atoms with Crippen molar-refractivity contribution in [2.24, 2.45) is 5.92 Å². The number of hydrogen-bond donors (Lipinski definition) is 1. The van der Waals surface area contributed by atoms with Gasteiger partial charge in [0.15, 0.2) is 0 Å². The molecule has 0 radical (unpaired) electrons. The second kappa shape index (κ2) is 2.13. The molecule has 3 heteroatoms. The van der Waals surface area contributed by atoms with E-state index in [4.69, 9.17) is 5.11 Å². The lowest BCUT2D eigenvalue weighted by atomic mass is 10.1. The van der Waals surface area contributed by atoms with Crippen LogP contribution >= 0.6 is 0 Å². The largest absolute Gasteiger partial charge is 0.465 e. The summed E-state index contributed by atoms with van der Waals surface area (Å²) < 4.78 is 4.56. The fraction of sp³-hybridized carbons (Fsp3) is 0.800. The Morgan fingerprint density at radius 3 is 2.88 bits per heavy atom. The summed E-state index contributed by atoms with van der Waals surface area (Å²) in [6.07, 6.45) is 0.676. The van der Waals surface area contributed by atoms with Gasteiger partial charge in [0, 0.05) is 0 Å². The van der Waals surface area contributed by atoms with Crippen LogP contribution in [0.4, 0.5) is 0 Å². The quantitative estimate of drug-likeness (QED) is 0.471. The first-order valence-corrected chi connectivity index (χ1v) is 2.62. The van der Waals surface area contributed by atoms with Crippen molar-refractivity contribution in [1.82, 2.24) is 0 Å². The molecule has 1 rings (SSSR count). The average molecular weight is 116 g/mol. The number of carbonyl (C=O) groups excluding carboxylic acids is 1. The molecule has 0 aliphatic carbocycles. The van der Waals surface area contributed by atoms with Crippen LogP contribution in [-0.2, 0) is 9.53 Å². The Labute approximate surface area is 47.3 Å². The number of esters is 1. The van der Waals surface area contributed by atoms with Crippen LogP contribution in [0.15, 0.2) is 0 Å². The van der Waals surface area contributed by atoms with Crippen molar-refractivity contribution in [2.45, 2.75) is 6.42 Å². The van der Waals surface area contributed by atoms with Crippen LogP contribution in [-0.4, -0.2) is 24.3 Å². The first-order chi connectivity index (χ1) is 3.84. The van der Waals surface area contributed by atoms with Gasteiger partial charge in [-0.25, -0.2) is 0 Å². The smallest absolute Gasteiger partial charge is 0.311 e. The van der Waals surface area contributed by atoms with E-state index in [2.05, 4.69) is 4.74 Å². The molecule has 1 heterocycles. The van der Waals surface area contributed by atoms with Crippen molar-refractivity contribution >= 4 is 5.97 Å². The predicted octanol–water partition coefficient (Wildman–Crippen LogP) is -0.458. The highest BCUT2D eigenvalue weighted by atomic mass is 16.5. The third-order valence-corrected chi connectivity index (χ3v) is 1.26. The number of carbonyl (C=O) groups is 1. The molecule has 46 valence electrons. The van der Waals surface area contributed by atoms with Gasteiger partial charge in [0.05, 0.1) is 19.1 Å². The molecule has 3 nitrogen and oxygen atoms in total. The zero-order valence-corrected chi connectivity index (χ0v) is 4.46. The van der Waals surface area contributed by atoms with Crippen LogP contribution in [0.2, 0.25) is 0 Å². The van der Waals surface area contributed by atoms with Crippen molar-refractivity contribution in [3.05, 3.63) is 0 Å². The first-order valence-electron chi connectivity index (χ1n) is 2.62. The van der Waals surface area contributed by atoms with Gasteiger partial charge in [-0.05, 0) is 6.42 Å². The van der Waals surface area contributed by atoms with Gasteiger partial charge in [-0.15, -0.1) is 0 Å². The summed E-state index contributed by atoms with van der Waals surface area (Å²) in [5.41, 5.74) is 0. The van der Waals surface area contributed by atoms with E-state index in [0.29, 0.717) is 13.0 Å². The molecule has 0 aromatic carbocycles. The molecule has 0 aromatic heterocycles. The maximum absolute atomic E-state index is 10.4. The van der Waals surface area contributed by atoms with Gasteiger partial charge in [-0.3, -0.25) is 4.79 Å². The van der Waals surface area contributed by atoms with Gasteiger partial charge in [0.25, 0.3) is 0 Å². The normalized spacial score (nSPS) is 28.1. The van der Waals surface area contributed by atoms with E-state index >= 15 is 0 Å². The molecule has 8 heavy (non-hydrogen) atoms. The highest BCUT2D eigenvalue weighted by Crippen LogP contribution is 2.12. The number of rotatable bonds is 1. The monoisotopic (exact) mass is 116 g/mol. The van der Waals surface area contributed by atoms with Crippen molar-refractivity contribution in [3.8, 4) is 0 Å². The number of cyclic esters (lactones) is 1. The Balaban J connectivity index is 2.42. The van der Waals surface area contributed by atoms with Gasteiger partial charge < -0.3 is 9.84 Å². The molecule has 0 unspecified atom stereocenters. The van der Waals surface area contributed by atoms with Crippen molar-refractivity contribution in [2.75, 3.05) is 13.2 Å². The molecule has 1 atom stereocenters. The van der Waals surface area contributed by atoms with E-state index in [1.807, 2.05) is 0 Å². The molecule has 1 aliphatic rings. The van der Waals surface area contributed by atoms with Gasteiger partial charge >= 0.3 is 5.97 Å². The minimum atomic E-state index is -0.257. The number of aliphatic hydroxyl groups is 1. The van der Waals surface area contributed by atoms with Gasteiger partial charge in [-0.2, -0.15) is 0 Å². The fourth-order valence-corrected chi connectivity index (χ4v) is 0.703. The maximum Gasteiger partial charge on any atom is 0.311 e. The second-order valence-corrected chi connectivity index (χ2v) is 1.84. The topological polar surface area (TPSA) is 46.5 Å². The molecule has 0 spiro atoms. The first kappa shape index (κ1) is 5.56. The molecule has 1 fully saturated rings. The number of ether oxygens (including phenoxy) is 1. The van der Waals surface area contributed by atoms with Crippen molar-refractivity contribution in [3.63, 3.8) is 0 Å². The van der Waals surface area contributed by atoms with E-state index in [-0.39, 0.29) is 18.5 Å². The summed E-state index contributed by atoms with van der Waals surface area (Å²) in [6, 6.07) is 0. The van der Waals surface area contributed by atoms with Gasteiger partial charge in [0.2, 0.25) is 0 Å². The van der Waals surface area contributed by atoms with E-state index in [9.17, 15) is 4.79 Å². The number of hydrogen-bond acceptors (Lipinski definition) is 3. The Hall–Kier alpha value is -0.570. The summed E-state index contributed by atoms with van der Waals surface area (Å²) in [5.74, 6) is -0.498.